The van der Waals surface area contributed by atoms with Crippen molar-refractivity contribution >= 4 is 17.0 Å². The van der Waals surface area contributed by atoms with Gasteiger partial charge in [0.05, 0.1) is 41.7 Å². The van der Waals surface area contributed by atoms with Gasteiger partial charge in [0.1, 0.15) is 12.2 Å². The highest BCUT2D eigenvalue weighted by Crippen LogP contribution is 2.26. The number of nitriles is 1. The number of benzene rings is 1. The Bertz CT molecular complexity index is 960. The minimum absolute atomic E-state index is 0.278. The largest absolute Gasteiger partial charge is 0.340 e. The zero-order valence-corrected chi connectivity index (χ0v) is 14.1. The predicted molar refractivity (Wildman–Crippen MR) is 95.3 cm³/mol. The van der Waals surface area contributed by atoms with E-state index in [1.54, 1.807) is 6.20 Å². The summed E-state index contributed by atoms with van der Waals surface area (Å²) in [7, 11) is 0. The van der Waals surface area contributed by atoms with Crippen molar-refractivity contribution in [3.8, 4) is 6.07 Å². The van der Waals surface area contributed by atoms with Gasteiger partial charge in [0.25, 0.3) is 0 Å². The van der Waals surface area contributed by atoms with Crippen LogP contribution in [0.3, 0.4) is 0 Å². The van der Waals surface area contributed by atoms with Crippen molar-refractivity contribution in [2.45, 2.75) is 25.2 Å². The number of para-hydroxylation sites is 2. The summed E-state index contributed by atoms with van der Waals surface area (Å²) in [5.74, 6) is 0.750. The highest BCUT2D eigenvalue weighted by Gasteiger charge is 2.29. The van der Waals surface area contributed by atoms with Crippen LogP contribution in [-0.2, 0) is 6.54 Å². The molecule has 7 nitrogen and oxygen atoms in total. The lowest BCUT2D eigenvalue weighted by Gasteiger charge is -2.34. The van der Waals surface area contributed by atoms with Crippen molar-refractivity contribution in [1.29, 1.82) is 5.26 Å². The molecule has 2 atom stereocenters. The molecule has 3 heterocycles. The summed E-state index contributed by atoms with van der Waals surface area (Å²) in [6, 6.07) is 9.27. The number of piperidine rings is 1. The van der Waals surface area contributed by atoms with Crippen LogP contribution >= 0.6 is 0 Å². The third kappa shape index (κ3) is 2.97. The van der Waals surface area contributed by atoms with Crippen LogP contribution in [0.15, 0.2) is 36.7 Å². The first-order chi connectivity index (χ1) is 12.7. The Hall–Kier alpha value is -3.05. The fourth-order valence-corrected chi connectivity index (χ4v) is 3.25. The molecular formula is C18H18FN7. The number of imidazole rings is 1. The maximum absolute atomic E-state index is 13.8. The van der Waals surface area contributed by atoms with Crippen LogP contribution in [0.25, 0.3) is 11.0 Å². The van der Waals surface area contributed by atoms with E-state index >= 15 is 0 Å². The van der Waals surface area contributed by atoms with Gasteiger partial charge in [0.2, 0.25) is 5.95 Å². The lowest BCUT2D eigenvalue weighted by Crippen LogP contribution is -2.50. The van der Waals surface area contributed by atoms with E-state index in [1.165, 1.54) is 6.20 Å². The van der Waals surface area contributed by atoms with Crippen molar-refractivity contribution in [1.82, 2.24) is 19.5 Å². The number of alkyl halides is 1. The van der Waals surface area contributed by atoms with Gasteiger partial charge in [-0.25, -0.2) is 14.4 Å². The van der Waals surface area contributed by atoms with Crippen LogP contribution in [-0.4, -0.2) is 44.8 Å². The van der Waals surface area contributed by atoms with E-state index in [4.69, 9.17) is 16.0 Å². The predicted octanol–water partition coefficient (Wildman–Crippen LogP) is 1.62. The molecule has 8 heteroatoms. The van der Waals surface area contributed by atoms with Crippen LogP contribution in [0, 0.1) is 11.3 Å². The second-order valence-corrected chi connectivity index (χ2v) is 6.41. The molecule has 26 heavy (non-hydrogen) atoms. The van der Waals surface area contributed by atoms with Gasteiger partial charge in [-0.15, -0.1) is 0 Å². The van der Waals surface area contributed by atoms with E-state index < -0.39 is 12.2 Å². The normalized spacial score (nSPS) is 20.3. The van der Waals surface area contributed by atoms with Crippen molar-refractivity contribution in [3.63, 3.8) is 0 Å². The molecule has 1 fully saturated rings. The molecule has 132 valence electrons. The zero-order valence-electron chi connectivity index (χ0n) is 14.1. The molecule has 2 aromatic heterocycles. The summed E-state index contributed by atoms with van der Waals surface area (Å²) in [4.78, 5) is 15.2. The number of halogens is 1. The molecule has 1 aliphatic rings. The summed E-state index contributed by atoms with van der Waals surface area (Å²) < 4.78 is 15.8. The minimum atomic E-state index is -0.978. The molecule has 1 saturated heterocycles. The fraction of sp³-hybridized carbons (Fsp3) is 0.333. The summed E-state index contributed by atoms with van der Waals surface area (Å²) in [6.45, 7) is 1.44. The van der Waals surface area contributed by atoms with Crippen molar-refractivity contribution < 1.29 is 4.39 Å². The Morgan fingerprint density at radius 1 is 1.27 bits per heavy atom. The first-order valence-corrected chi connectivity index (χ1v) is 8.46. The van der Waals surface area contributed by atoms with Gasteiger partial charge in [0.15, 0.2) is 5.69 Å². The van der Waals surface area contributed by atoms with E-state index in [1.807, 2.05) is 39.8 Å². The Morgan fingerprint density at radius 3 is 2.85 bits per heavy atom. The summed E-state index contributed by atoms with van der Waals surface area (Å²) in [5.41, 5.74) is 8.75. The standard InChI is InChI=1S/C18H18FN7/c19-14-5-6-25(11-15(14)21)18-24-16-3-1-2-4-17(16)26(18)10-13-9-22-12(7-20)8-23-13/h1-4,8-9,14-15H,5-6,10-11,21H2/t14-,15-/m1/s1. The number of hydrogen-bond acceptors (Lipinski definition) is 6. The number of fused-ring (bicyclic) bond motifs is 1. The molecule has 4 rings (SSSR count). The van der Waals surface area contributed by atoms with E-state index in [0.717, 1.165) is 22.7 Å². The number of nitrogens with two attached hydrogens (primary N) is 1. The average Bonchev–Trinajstić information content (AvgIpc) is 3.03. The highest BCUT2D eigenvalue weighted by molar-refractivity contribution is 5.79. The third-order valence-corrected chi connectivity index (χ3v) is 4.63. The van der Waals surface area contributed by atoms with Crippen LogP contribution < -0.4 is 10.6 Å². The highest BCUT2D eigenvalue weighted by atomic mass is 19.1. The number of rotatable bonds is 3. The van der Waals surface area contributed by atoms with Gasteiger partial charge in [-0.2, -0.15) is 5.26 Å². The fourth-order valence-electron chi connectivity index (χ4n) is 3.25. The number of hydrogen-bond donors (Lipinski definition) is 1. The molecule has 0 bridgehead atoms. The van der Waals surface area contributed by atoms with Crippen LogP contribution in [0.4, 0.5) is 10.3 Å². The van der Waals surface area contributed by atoms with Gasteiger partial charge in [-0.1, -0.05) is 12.1 Å². The molecule has 0 saturated carbocycles. The van der Waals surface area contributed by atoms with Gasteiger partial charge in [-0.3, -0.25) is 4.98 Å². The molecule has 0 unspecified atom stereocenters. The Morgan fingerprint density at radius 2 is 2.12 bits per heavy atom. The smallest absolute Gasteiger partial charge is 0.206 e. The Kier molecular flexibility index (Phi) is 4.22. The molecule has 0 spiro atoms. The number of nitrogens with zero attached hydrogens (tertiary/aromatic N) is 6. The van der Waals surface area contributed by atoms with Crippen molar-refractivity contribution in [2.75, 3.05) is 18.0 Å². The van der Waals surface area contributed by atoms with E-state index in [2.05, 4.69) is 9.97 Å². The van der Waals surface area contributed by atoms with Gasteiger partial charge in [-0.05, 0) is 18.6 Å². The van der Waals surface area contributed by atoms with Crippen LogP contribution in [0.5, 0.6) is 0 Å². The average molecular weight is 351 g/mol. The topological polar surface area (TPSA) is 96.7 Å². The quantitative estimate of drug-likeness (QED) is 0.770. The maximum Gasteiger partial charge on any atom is 0.206 e. The second kappa shape index (κ2) is 6.69. The number of anilines is 1. The molecule has 0 amide bonds. The Labute approximate surface area is 149 Å². The second-order valence-electron chi connectivity index (χ2n) is 6.41. The molecule has 3 aromatic rings. The SMILES string of the molecule is N#Cc1cnc(Cn2c(N3CC[C@@H](F)[C@H](N)C3)nc3ccccc32)cn1. The molecular weight excluding hydrogens is 333 g/mol. The molecule has 1 aromatic carbocycles. The first-order valence-electron chi connectivity index (χ1n) is 8.46. The molecule has 2 N–H and O–H groups in total. The molecule has 0 radical (unpaired) electrons. The maximum atomic E-state index is 13.8. The lowest BCUT2D eigenvalue weighted by molar-refractivity contribution is 0.243. The van der Waals surface area contributed by atoms with Crippen LogP contribution in [0.2, 0.25) is 0 Å². The van der Waals surface area contributed by atoms with Crippen LogP contribution in [0.1, 0.15) is 17.8 Å². The summed E-state index contributed by atoms with van der Waals surface area (Å²) >= 11 is 0. The van der Waals surface area contributed by atoms with Gasteiger partial charge < -0.3 is 15.2 Å². The first kappa shape index (κ1) is 16.4. The molecule has 1 aliphatic heterocycles. The van der Waals surface area contributed by atoms with E-state index in [-0.39, 0.29) is 5.69 Å². The Balaban J connectivity index is 1.73. The van der Waals surface area contributed by atoms with Gasteiger partial charge >= 0.3 is 0 Å². The zero-order chi connectivity index (χ0) is 18.1. The summed E-state index contributed by atoms with van der Waals surface area (Å²) in [5, 5.41) is 8.87. The summed E-state index contributed by atoms with van der Waals surface area (Å²) in [6.07, 6.45) is 2.46. The van der Waals surface area contributed by atoms with E-state index in [0.29, 0.717) is 26.1 Å². The van der Waals surface area contributed by atoms with E-state index in [9.17, 15) is 4.39 Å². The molecule has 0 aliphatic carbocycles. The lowest BCUT2D eigenvalue weighted by atomic mass is 10.1. The van der Waals surface area contributed by atoms with Crippen molar-refractivity contribution in [2.24, 2.45) is 5.73 Å². The van der Waals surface area contributed by atoms with Gasteiger partial charge in [0, 0.05) is 13.1 Å². The monoisotopic (exact) mass is 351 g/mol. The number of aromatic nitrogens is 4. The third-order valence-electron chi connectivity index (χ3n) is 4.63. The van der Waals surface area contributed by atoms with Crippen molar-refractivity contribution in [3.05, 3.63) is 48.0 Å². The minimum Gasteiger partial charge on any atom is -0.340 e.